The SMILES string of the molecule is O=C1CC(c2ccccc2)C2=C1CCCCCC2. The van der Waals surface area contributed by atoms with Gasteiger partial charge in [0.15, 0.2) is 5.78 Å². The van der Waals surface area contributed by atoms with E-state index in [4.69, 9.17) is 0 Å². The van der Waals surface area contributed by atoms with E-state index in [2.05, 4.69) is 24.3 Å². The second-order valence-electron chi connectivity index (χ2n) is 5.51. The Kier molecular flexibility index (Phi) is 3.31. The predicted molar refractivity (Wildman–Crippen MR) is 73.5 cm³/mol. The van der Waals surface area contributed by atoms with Crippen molar-refractivity contribution < 1.29 is 4.79 Å². The largest absolute Gasteiger partial charge is 0.295 e. The van der Waals surface area contributed by atoms with Crippen LogP contribution in [0.2, 0.25) is 0 Å². The van der Waals surface area contributed by atoms with Gasteiger partial charge < -0.3 is 0 Å². The molecule has 0 N–H and O–H groups in total. The van der Waals surface area contributed by atoms with Gasteiger partial charge in [-0.15, -0.1) is 0 Å². The van der Waals surface area contributed by atoms with Crippen LogP contribution in [0.1, 0.15) is 56.4 Å². The molecule has 0 aromatic heterocycles. The third-order valence-corrected chi connectivity index (χ3v) is 4.36. The highest BCUT2D eigenvalue weighted by molar-refractivity contribution is 6.00. The lowest BCUT2D eigenvalue weighted by Gasteiger charge is -2.17. The van der Waals surface area contributed by atoms with Gasteiger partial charge in [0.2, 0.25) is 0 Å². The first kappa shape index (κ1) is 11.7. The van der Waals surface area contributed by atoms with Crippen LogP contribution in [0.5, 0.6) is 0 Å². The Bertz CT molecular complexity index is 470. The summed E-state index contributed by atoms with van der Waals surface area (Å²) in [6.45, 7) is 0. The zero-order chi connectivity index (χ0) is 12.4. The van der Waals surface area contributed by atoms with Crippen LogP contribution in [-0.4, -0.2) is 5.78 Å². The molecule has 0 saturated heterocycles. The van der Waals surface area contributed by atoms with E-state index in [1.807, 2.05) is 6.07 Å². The highest BCUT2D eigenvalue weighted by atomic mass is 16.1. The first-order valence-electron chi connectivity index (χ1n) is 7.16. The van der Waals surface area contributed by atoms with E-state index >= 15 is 0 Å². The Balaban J connectivity index is 1.95. The molecule has 0 spiro atoms. The predicted octanol–water partition coefficient (Wildman–Crippen LogP) is 4.39. The molecule has 94 valence electrons. The molecule has 2 aliphatic rings. The van der Waals surface area contributed by atoms with Crippen LogP contribution < -0.4 is 0 Å². The number of carbonyl (C=O) groups is 1. The van der Waals surface area contributed by atoms with E-state index in [1.165, 1.54) is 42.4 Å². The van der Waals surface area contributed by atoms with Gasteiger partial charge in [-0.1, -0.05) is 48.7 Å². The Morgan fingerprint density at radius 2 is 1.61 bits per heavy atom. The molecule has 1 atom stereocenters. The topological polar surface area (TPSA) is 17.1 Å². The number of allylic oxidation sites excluding steroid dienone is 2. The quantitative estimate of drug-likeness (QED) is 0.711. The molecule has 0 bridgehead atoms. The molecule has 1 nitrogen and oxygen atoms in total. The average molecular weight is 240 g/mol. The van der Waals surface area contributed by atoms with Crippen LogP contribution in [0.4, 0.5) is 0 Å². The Hall–Kier alpha value is -1.37. The molecule has 3 rings (SSSR count). The molecule has 1 aromatic carbocycles. The minimum absolute atomic E-state index is 0.381. The number of Topliss-reactive ketones (excluding diaryl/α,β-unsaturated/α-hetero) is 1. The standard InChI is InChI=1S/C17H20O/c18-17-12-16(13-8-4-3-5-9-13)14-10-6-1-2-7-11-15(14)17/h3-5,8-9,16H,1-2,6-7,10-12H2. The lowest BCUT2D eigenvalue weighted by Crippen LogP contribution is -2.00. The van der Waals surface area contributed by atoms with Gasteiger partial charge in [-0.2, -0.15) is 0 Å². The van der Waals surface area contributed by atoms with Crippen molar-refractivity contribution in [2.45, 2.75) is 50.9 Å². The minimum atomic E-state index is 0.381. The van der Waals surface area contributed by atoms with Crippen LogP contribution in [0.3, 0.4) is 0 Å². The second-order valence-corrected chi connectivity index (χ2v) is 5.51. The van der Waals surface area contributed by atoms with E-state index in [1.54, 1.807) is 0 Å². The molecule has 1 aromatic rings. The summed E-state index contributed by atoms with van der Waals surface area (Å²) in [5.74, 6) is 0.799. The molecular weight excluding hydrogens is 220 g/mol. The average Bonchev–Trinajstić information content (AvgIpc) is 2.66. The smallest absolute Gasteiger partial charge is 0.159 e. The van der Waals surface area contributed by atoms with Crippen LogP contribution in [-0.2, 0) is 4.79 Å². The molecule has 18 heavy (non-hydrogen) atoms. The van der Waals surface area contributed by atoms with Crippen molar-refractivity contribution in [1.29, 1.82) is 0 Å². The molecule has 0 amide bonds. The molecule has 0 saturated carbocycles. The Labute approximate surface area is 109 Å². The van der Waals surface area contributed by atoms with Crippen LogP contribution >= 0.6 is 0 Å². The first-order chi connectivity index (χ1) is 8.86. The van der Waals surface area contributed by atoms with E-state index in [0.717, 1.165) is 12.8 Å². The van der Waals surface area contributed by atoms with Gasteiger partial charge in [0.05, 0.1) is 0 Å². The van der Waals surface area contributed by atoms with Crippen molar-refractivity contribution in [3.05, 3.63) is 47.0 Å². The maximum absolute atomic E-state index is 12.2. The molecule has 2 aliphatic carbocycles. The van der Waals surface area contributed by atoms with Crippen molar-refractivity contribution >= 4 is 5.78 Å². The van der Waals surface area contributed by atoms with E-state index < -0.39 is 0 Å². The summed E-state index contributed by atoms with van der Waals surface area (Å²) in [6.07, 6.45) is 7.96. The number of hydrogen-bond donors (Lipinski definition) is 0. The Morgan fingerprint density at radius 1 is 0.889 bits per heavy atom. The highest BCUT2D eigenvalue weighted by Crippen LogP contribution is 2.42. The number of rotatable bonds is 1. The van der Waals surface area contributed by atoms with Gasteiger partial charge in [0, 0.05) is 12.3 Å². The molecular formula is C17H20O. The van der Waals surface area contributed by atoms with Crippen LogP contribution in [0, 0.1) is 0 Å². The minimum Gasteiger partial charge on any atom is -0.295 e. The Morgan fingerprint density at radius 3 is 2.39 bits per heavy atom. The maximum Gasteiger partial charge on any atom is 0.159 e. The lowest BCUT2D eigenvalue weighted by molar-refractivity contribution is -0.115. The number of ketones is 1. The van der Waals surface area contributed by atoms with Crippen LogP contribution in [0.15, 0.2) is 41.5 Å². The van der Waals surface area contributed by atoms with Gasteiger partial charge >= 0.3 is 0 Å². The van der Waals surface area contributed by atoms with Gasteiger partial charge in [-0.05, 0) is 36.8 Å². The fourth-order valence-corrected chi connectivity index (χ4v) is 3.42. The summed E-state index contributed by atoms with van der Waals surface area (Å²) in [6, 6.07) is 10.6. The molecule has 0 fully saturated rings. The maximum atomic E-state index is 12.2. The van der Waals surface area contributed by atoms with Gasteiger partial charge in [-0.25, -0.2) is 0 Å². The normalized spacial score (nSPS) is 24.7. The highest BCUT2D eigenvalue weighted by Gasteiger charge is 2.32. The van der Waals surface area contributed by atoms with Crippen molar-refractivity contribution in [3.63, 3.8) is 0 Å². The third-order valence-electron chi connectivity index (χ3n) is 4.36. The zero-order valence-electron chi connectivity index (χ0n) is 10.8. The monoisotopic (exact) mass is 240 g/mol. The van der Waals surface area contributed by atoms with Gasteiger partial charge in [0.1, 0.15) is 0 Å². The summed E-state index contributed by atoms with van der Waals surface area (Å²) in [5.41, 5.74) is 3.98. The lowest BCUT2D eigenvalue weighted by atomic mass is 9.87. The fraction of sp³-hybridized carbons (Fsp3) is 0.471. The van der Waals surface area contributed by atoms with E-state index in [-0.39, 0.29) is 0 Å². The summed E-state index contributed by atoms with van der Waals surface area (Å²) in [5, 5.41) is 0. The van der Waals surface area contributed by atoms with Crippen molar-refractivity contribution in [3.8, 4) is 0 Å². The van der Waals surface area contributed by atoms with Crippen LogP contribution in [0.25, 0.3) is 0 Å². The summed E-state index contributed by atoms with van der Waals surface area (Å²) >= 11 is 0. The summed E-state index contributed by atoms with van der Waals surface area (Å²) in [4.78, 5) is 12.2. The number of benzene rings is 1. The first-order valence-corrected chi connectivity index (χ1v) is 7.16. The van der Waals surface area contributed by atoms with Gasteiger partial charge in [-0.3, -0.25) is 4.79 Å². The molecule has 0 aliphatic heterocycles. The van der Waals surface area contributed by atoms with Gasteiger partial charge in [0.25, 0.3) is 0 Å². The van der Waals surface area contributed by atoms with Crippen molar-refractivity contribution in [2.75, 3.05) is 0 Å². The molecule has 1 unspecified atom stereocenters. The number of carbonyl (C=O) groups excluding carboxylic acids is 1. The summed E-state index contributed by atoms with van der Waals surface area (Å²) < 4.78 is 0. The van der Waals surface area contributed by atoms with E-state index in [9.17, 15) is 4.79 Å². The number of hydrogen-bond acceptors (Lipinski definition) is 1. The molecule has 0 heterocycles. The third kappa shape index (κ3) is 2.14. The molecule has 1 heteroatoms. The molecule has 0 radical (unpaired) electrons. The fourth-order valence-electron chi connectivity index (χ4n) is 3.42. The second kappa shape index (κ2) is 5.09. The van der Waals surface area contributed by atoms with E-state index in [0.29, 0.717) is 18.1 Å². The van der Waals surface area contributed by atoms with Crippen molar-refractivity contribution in [1.82, 2.24) is 0 Å². The summed E-state index contributed by atoms with van der Waals surface area (Å²) in [7, 11) is 0. The van der Waals surface area contributed by atoms with Crippen molar-refractivity contribution in [2.24, 2.45) is 0 Å². The zero-order valence-corrected chi connectivity index (χ0v) is 10.8.